The van der Waals surface area contributed by atoms with Gasteiger partial charge in [0, 0.05) is 24.0 Å². The number of carbonyl (C=O) groups excluding carboxylic acids is 2. The van der Waals surface area contributed by atoms with E-state index in [1.807, 2.05) is 6.07 Å². The lowest BCUT2D eigenvalue weighted by Crippen LogP contribution is -2.26. The molecule has 0 aliphatic rings. The summed E-state index contributed by atoms with van der Waals surface area (Å²) in [5, 5.41) is 0. The van der Waals surface area contributed by atoms with Gasteiger partial charge in [-0.2, -0.15) is 0 Å². The van der Waals surface area contributed by atoms with Crippen molar-refractivity contribution in [2.75, 3.05) is 17.7 Å². The Hall–Kier alpha value is -2.82. The third-order valence-corrected chi connectivity index (χ3v) is 3.01. The summed E-state index contributed by atoms with van der Waals surface area (Å²) in [4.78, 5) is 24.9. The van der Waals surface area contributed by atoms with Crippen LogP contribution in [0.5, 0.6) is 0 Å². The fourth-order valence-corrected chi connectivity index (χ4v) is 1.87. The summed E-state index contributed by atoms with van der Waals surface area (Å²) in [5.74, 6) is -0.747. The van der Waals surface area contributed by atoms with E-state index in [0.717, 1.165) is 0 Å². The van der Waals surface area contributed by atoms with Gasteiger partial charge < -0.3 is 16.4 Å². The van der Waals surface area contributed by atoms with E-state index < -0.39 is 5.91 Å². The lowest BCUT2D eigenvalue weighted by atomic mass is 10.1. The van der Waals surface area contributed by atoms with Crippen molar-refractivity contribution in [2.45, 2.75) is 0 Å². The molecule has 2 aromatic carbocycles. The first-order chi connectivity index (χ1) is 9.50. The molecule has 0 aliphatic heterocycles. The number of anilines is 2. The Morgan fingerprint density at radius 1 is 1.05 bits per heavy atom. The Morgan fingerprint density at radius 3 is 2.25 bits per heavy atom. The predicted molar refractivity (Wildman–Crippen MR) is 78.5 cm³/mol. The van der Waals surface area contributed by atoms with Gasteiger partial charge in [0.05, 0.1) is 5.56 Å². The lowest BCUT2D eigenvalue weighted by Gasteiger charge is -2.18. The second kappa shape index (κ2) is 5.44. The van der Waals surface area contributed by atoms with Crippen LogP contribution in [0.4, 0.5) is 11.4 Å². The van der Waals surface area contributed by atoms with E-state index in [4.69, 9.17) is 11.5 Å². The Labute approximate surface area is 116 Å². The molecule has 0 spiro atoms. The molecular formula is C15H15N3O2. The van der Waals surface area contributed by atoms with Gasteiger partial charge in [-0.05, 0) is 30.3 Å². The summed E-state index contributed by atoms with van der Waals surface area (Å²) < 4.78 is 0. The maximum atomic E-state index is 12.3. The van der Waals surface area contributed by atoms with Crippen molar-refractivity contribution >= 4 is 23.2 Å². The van der Waals surface area contributed by atoms with Gasteiger partial charge in [-0.15, -0.1) is 0 Å². The topological polar surface area (TPSA) is 89.4 Å². The monoisotopic (exact) mass is 269 g/mol. The van der Waals surface area contributed by atoms with E-state index in [9.17, 15) is 9.59 Å². The molecule has 102 valence electrons. The molecule has 4 N–H and O–H groups in total. The molecule has 0 saturated heterocycles. The maximum absolute atomic E-state index is 12.3. The number of amides is 2. The quantitative estimate of drug-likeness (QED) is 0.830. The van der Waals surface area contributed by atoms with Gasteiger partial charge in [0.25, 0.3) is 11.8 Å². The third-order valence-electron chi connectivity index (χ3n) is 3.01. The standard InChI is InChI=1S/C15H15N3O2/c1-18(15(20)10-5-3-2-4-6-10)11-7-8-12(14(17)19)13(16)9-11/h2-9H,16H2,1H3,(H2,17,19). The first-order valence-electron chi connectivity index (χ1n) is 6.03. The molecule has 0 aromatic heterocycles. The molecule has 0 unspecified atom stereocenters. The summed E-state index contributed by atoms with van der Waals surface area (Å²) in [6.07, 6.45) is 0. The summed E-state index contributed by atoms with van der Waals surface area (Å²) in [7, 11) is 1.65. The van der Waals surface area contributed by atoms with Crippen LogP contribution in [-0.4, -0.2) is 18.9 Å². The zero-order chi connectivity index (χ0) is 14.7. The van der Waals surface area contributed by atoms with Crippen molar-refractivity contribution in [1.82, 2.24) is 0 Å². The number of nitrogen functional groups attached to an aromatic ring is 1. The van der Waals surface area contributed by atoms with Crippen LogP contribution >= 0.6 is 0 Å². The van der Waals surface area contributed by atoms with Crippen LogP contribution in [0.1, 0.15) is 20.7 Å². The summed E-state index contributed by atoms with van der Waals surface area (Å²) >= 11 is 0. The van der Waals surface area contributed by atoms with Gasteiger partial charge in [0.15, 0.2) is 0 Å². The third kappa shape index (κ3) is 2.61. The molecular weight excluding hydrogens is 254 g/mol. The fraction of sp³-hybridized carbons (Fsp3) is 0.0667. The molecule has 2 aromatic rings. The minimum atomic E-state index is -0.592. The second-order valence-electron chi connectivity index (χ2n) is 4.37. The Kier molecular flexibility index (Phi) is 3.70. The van der Waals surface area contributed by atoms with Crippen molar-refractivity contribution in [2.24, 2.45) is 5.73 Å². The summed E-state index contributed by atoms with van der Waals surface area (Å²) in [6, 6.07) is 13.6. The molecule has 0 fully saturated rings. The highest BCUT2D eigenvalue weighted by Crippen LogP contribution is 2.21. The van der Waals surface area contributed by atoms with E-state index >= 15 is 0 Å². The van der Waals surface area contributed by atoms with Crippen molar-refractivity contribution in [3.8, 4) is 0 Å². The highest BCUT2D eigenvalue weighted by Gasteiger charge is 2.15. The number of carbonyl (C=O) groups is 2. The van der Waals surface area contributed by atoms with E-state index in [0.29, 0.717) is 11.3 Å². The van der Waals surface area contributed by atoms with Crippen LogP contribution in [0.25, 0.3) is 0 Å². The van der Waals surface area contributed by atoms with Gasteiger partial charge in [0.1, 0.15) is 0 Å². The molecule has 5 nitrogen and oxygen atoms in total. The molecule has 0 atom stereocenters. The number of hydrogen-bond donors (Lipinski definition) is 2. The average molecular weight is 269 g/mol. The van der Waals surface area contributed by atoms with Gasteiger partial charge in [-0.1, -0.05) is 18.2 Å². The number of nitrogens with zero attached hydrogens (tertiary/aromatic N) is 1. The van der Waals surface area contributed by atoms with Crippen LogP contribution in [0.2, 0.25) is 0 Å². The average Bonchev–Trinajstić information content (AvgIpc) is 2.46. The van der Waals surface area contributed by atoms with E-state index in [2.05, 4.69) is 0 Å². The van der Waals surface area contributed by atoms with Crippen LogP contribution in [-0.2, 0) is 0 Å². The van der Waals surface area contributed by atoms with E-state index in [-0.39, 0.29) is 17.2 Å². The number of primary amides is 1. The molecule has 2 amide bonds. The van der Waals surface area contributed by atoms with Gasteiger partial charge >= 0.3 is 0 Å². The van der Waals surface area contributed by atoms with Gasteiger partial charge in [-0.25, -0.2) is 0 Å². The second-order valence-corrected chi connectivity index (χ2v) is 4.37. The molecule has 2 rings (SSSR count). The zero-order valence-corrected chi connectivity index (χ0v) is 11.0. The minimum absolute atomic E-state index is 0.156. The number of hydrogen-bond acceptors (Lipinski definition) is 3. The first-order valence-corrected chi connectivity index (χ1v) is 6.03. The SMILES string of the molecule is CN(C(=O)c1ccccc1)c1ccc(C(N)=O)c(N)c1. The van der Waals surface area contributed by atoms with Gasteiger partial charge in [-0.3, -0.25) is 9.59 Å². The van der Waals surface area contributed by atoms with E-state index in [1.165, 1.54) is 11.0 Å². The van der Waals surface area contributed by atoms with Crippen LogP contribution in [0.15, 0.2) is 48.5 Å². The zero-order valence-electron chi connectivity index (χ0n) is 11.0. The fourth-order valence-electron chi connectivity index (χ4n) is 1.87. The highest BCUT2D eigenvalue weighted by atomic mass is 16.2. The number of rotatable bonds is 3. The van der Waals surface area contributed by atoms with Gasteiger partial charge in [0.2, 0.25) is 0 Å². The maximum Gasteiger partial charge on any atom is 0.258 e. The van der Waals surface area contributed by atoms with Crippen LogP contribution in [0.3, 0.4) is 0 Å². The highest BCUT2D eigenvalue weighted by molar-refractivity contribution is 6.06. The lowest BCUT2D eigenvalue weighted by molar-refractivity contribution is 0.0989. The summed E-state index contributed by atoms with van der Waals surface area (Å²) in [6.45, 7) is 0. The Bertz CT molecular complexity index is 653. The van der Waals surface area contributed by atoms with Crippen molar-refractivity contribution in [3.05, 3.63) is 59.7 Å². The van der Waals surface area contributed by atoms with Crippen LogP contribution < -0.4 is 16.4 Å². The molecule has 0 radical (unpaired) electrons. The molecule has 20 heavy (non-hydrogen) atoms. The Morgan fingerprint density at radius 2 is 1.70 bits per heavy atom. The minimum Gasteiger partial charge on any atom is -0.398 e. The Balaban J connectivity index is 2.30. The van der Waals surface area contributed by atoms with E-state index in [1.54, 1.807) is 43.4 Å². The summed E-state index contributed by atoms with van der Waals surface area (Å²) in [5.41, 5.74) is 12.6. The molecule has 0 aliphatic carbocycles. The van der Waals surface area contributed by atoms with Crippen LogP contribution in [0, 0.1) is 0 Å². The predicted octanol–water partition coefficient (Wildman–Crippen LogP) is 1.64. The molecule has 0 saturated carbocycles. The number of benzene rings is 2. The first kappa shape index (κ1) is 13.6. The number of nitrogens with two attached hydrogens (primary N) is 2. The van der Waals surface area contributed by atoms with Crippen molar-refractivity contribution in [3.63, 3.8) is 0 Å². The largest absolute Gasteiger partial charge is 0.398 e. The van der Waals surface area contributed by atoms with Crippen molar-refractivity contribution in [1.29, 1.82) is 0 Å². The molecule has 0 bridgehead atoms. The smallest absolute Gasteiger partial charge is 0.258 e. The molecule has 0 heterocycles. The normalized spacial score (nSPS) is 10.1. The van der Waals surface area contributed by atoms with Crippen molar-refractivity contribution < 1.29 is 9.59 Å². The molecule has 5 heteroatoms.